The summed E-state index contributed by atoms with van der Waals surface area (Å²) in [6.07, 6.45) is -1.19. The van der Waals surface area contributed by atoms with E-state index in [4.69, 9.17) is 4.74 Å². The summed E-state index contributed by atoms with van der Waals surface area (Å²) >= 11 is 1.38. The number of carbonyl (C=O) groups excluding carboxylic acids is 1. The second kappa shape index (κ2) is 7.75. The van der Waals surface area contributed by atoms with Crippen molar-refractivity contribution in [2.24, 2.45) is 0 Å². The minimum atomic E-state index is -1.19. The summed E-state index contributed by atoms with van der Waals surface area (Å²) in [5.74, 6) is -1.07. The molecule has 2 heterocycles. The Kier molecular flexibility index (Phi) is 5.14. The number of benzene rings is 2. The SMILES string of the molecule is CCSc1nnc2c(n1)OC(c1ccc(F)cc1F)N(C(C)=O)c1ccccc1-2. The summed E-state index contributed by atoms with van der Waals surface area (Å²) in [6, 6.07) is 10.1. The average molecular weight is 414 g/mol. The molecular weight excluding hydrogens is 398 g/mol. The highest BCUT2D eigenvalue weighted by Gasteiger charge is 2.35. The van der Waals surface area contributed by atoms with Gasteiger partial charge in [-0.25, -0.2) is 8.78 Å². The third kappa shape index (κ3) is 3.53. The predicted molar refractivity (Wildman–Crippen MR) is 105 cm³/mol. The molecule has 2 aromatic carbocycles. The molecule has 0 N–H and O–H groups in total. The topological polar surface area (TPSA) is 68.2 Å². The normalized spacial score (nSPS) is 15.2. The Hall–Kier alpha value is -3.07. The lowest BCUT2D eigenvalue weighted by atomic mass is 10.1. The molecule has 1 aromatic heterocycles. The van der Waals surface area contributed by atoms with Crippen LogP contribution >= 0.6 is 11.8 Å². The Labute approximate surface area is 169 Å². The Morgan fingerprint density at radius 3 is 2.72 bits per heavy atom. The number of anilines is 1. The van der Waals surface area contributed by atoms with Crippen LogP contribution in [-0.4, -0.2) is 26.8 Å². The van der Waals surface area contributed by atoms with Gasteiger partial charge in [-0.05, 0) is 24.0 Å². The Morgan fingerprint density at radius 2 is 2.00 bits per heavy atom. The number of aromatic nitrogens is 3. The number of thioether (sulfide) groups is 1. The van der Waals surface area contributed by atoms with Crippen LogP contribution in [0.25, 0.3) is 11.3 Å². The molecule has 0 saturated carbocycles. The second-order valence-corrected chi connectivity index (χ2v) is 7.45. The number of hydrogen-bond acceptors (Lipinski definition) is 6. The van der Waals surface area contributed by atoms with E-state index in [0.29, 0.717) is 22.1 Å². The van der Waals surface area contributed by atoms with Gasteiger partial charge in [0.05, 0.1) is 5.69 Å². The molecule has 1 amide bonds. The van der Waals surface area contributed by atoms with Gasteiger partial charge < -0.3 is 4.74 Å². The molecule has 1 atom stereocenters. The van der Waals surface area contributed by atoms with Crippen molar-refractivity contribution in [2.75, 3.05) is 10.7 Å². The van der Waals surface area contributed by atoms with Gasteiger partial charge in [0.1, 0.15) is 11.6 Å². The van der Waals surface area contributed by atoms with Crippen molar-refractivity contribution in [2.45, 2.75) is 25.2 Å². The number of nitrogens with zero attached hydrogens (tertiary/aromatic N) is 4. The first-order valence-electron chi connectivity index (χ1n) is 8.88. The fourth-order valence-electron chi connectivity index (χ4n) is 3.15. The fourth-order valence-corrected chi connectivity index (χ4v) is 3.65. The number of rotatable bonds is 3. The molecular formula is C20H16F2N4O2S. The monoisotopic (exact) mass is 414 g/mol. The molecule has 0 spiro atoms. The zero-order chi connectivity index (χ0) is 20.5. The minimum Gasteiger partial charge on any atom is -0.447 e. The molecule has 3 aromatic rings. The van der Waals surface area contributed by atoms with Crippen LogP contribution < -0.4 is 9.64 Å². The van der Waals surface area contributed by atoms with Crippen LogP contribution in [0.5, 0.6) is 5.88 Å². The third-order valence-corrected chi connectivity index (χ3v) is 5.07. The number of halogens is 2. The number of carbonyl (C=O) groups is 1. The van der Waals surface area contributed by atoms with Gasteiger partial charge in [0.25, 0.3) is 0 Å². The highest BCUT2D eigenvalue weighted by molar-refractivity contribution is 7.99. The van der Waals surface area contributed by atoms with E-state index in [1.54, 1.807) is 24.3 Å². The summed E-state index contributed by atoms with van der Waals surface area (Å²) in [7, 11) is 0. The van der Waals surface area contributed by atoms with Gasteiger partial charge in [-0.1, -0.05) is 36.9 Å². The molecule has 0 fully saturated rings. The molecule has 148 valence electrons. The quantitative estimate of drug-likeness (QED) is 0.593. The zero-order valence-corrected chi connectivity index (χ0v) is 16.4. The van der Waals surface area contributed by atoms with E-state index in [2.05, 4.69) is 15.2 Å². The Morgan fingerprint density at radius 1 is 1.21 bits per heavy atom. The zero-order valence-electron chi connectivity index (χ0n) is 15.6. The first kappa shape index (κ1) is 19.3. The van der Waals surface area contributed by atoms with Gasteiger partial charge in [0, 0.05) is 24.1 Å². The molecule has 9 heteroatoms. The van der Waals surface area contributed by atoms with Crippen molar-refractivity contribution in [1.82, 2.24) is 15.2 Å². The third-order valence-electron chi connectivity index (χ3n) is 4.35. The van der Waals surface area contributed by atoms with Crippen molar-refractivity contribution in [3.8, 4) is 17.1 Å². The molecule has 29 heavy (non-hydrogen) atoms. The summed E-state index contributed by atoms with van der Waals surface area (Å²) in [4.78, 5) is 18.3. The Bertz CT molecular complexity index is 1100. The van der Waals surface area contributed by atoms with Crippen LogP contribution in [0.3, 0.4) is 0 Å². The van der Waals surface area contributed by atoms with E-state index < -0.39 is 17.9 Å². The van der Waals surface area contributed by atoms with Gasteiger partial charge in [0.15, 0.2) is 5.69 Å². The van der Waals surface area contributed by atoms with Crippen molar-refractivity contribution in [3.05, 3.63) is 59.7 Å². The highest BCUT2D eigenvalue weighted by Crippen LogP contribution is 2.43. The van der Waals surface area contributed by atoms with E-state index >= 15 is 0 Å². The molecule has 0 aliphatic carbocycles. The predicted octanol–water partition coefficient (Wildman–Crippen LogP) is 4.37. The lowest BCUT2D eigenvalue weighted by Crippen LogP contribution is -2.36. The lowest BCUT2D eigenvalue weighted by molar-refractivity contribution is -0.118. The van der Waals surface area contributed by atoms with Crippen molar-refractivity contribution in [1.29, 1.82) is 0 Å². The molecule has 1 unspecified atom stereocenters. The number of hydrogen-bond donors (Lipinski definition) is 0. The summed E-state index contributed by atoms with van der Waals surface area (Å²) in [5, 5.41) is 8.76. The second-order valence-electron chi connectivity index (χ2n) is 6.22. The maximum atomic E-state index is 14.6. The summed E-state index contributed by atoms with van der Waals surface area (Å²) < 4.78 is 34.1. The summed E-state index contributed by atoms with van der Waals surface area (Å²) in [5.41, 5.74) is 1.40. The maximum absolute atomic E-state index is 14.6. The molecule has 4 rings (SSSR count). The van der Waals surface area contributed by atoms with E-state index in [1.807, 2.05) is 6.92 Å². The number of ether oxygens (including phenoxy) is 1. The van der Waals surface area contributed by atoms with Gasteiger partial charge in [-0.2, -0.15) is 4.98 Å². The average Bonchev–Trinajstić information content (AvgIpc) is 2.82. The van der Waals surface area contributed by atoms with Crippen LogP contribution in [0.15, 0.2) is 47.6 Å². The molecule has 1 aliphatic rings. The first-order chi connectivity index (χ1) is 14.0. The van der Waals surface area contributed by atoms with Crippen LogP contribution in [0, 0.1) is 11.6 Å². The smallest absolute Gasteiger partial charge is 0.247 e. The van der Waals surface area contributed by atoms with Crippen LogP contribution in [0.4, 0.5) is 14.5 Å². The van der Waals surface area contributed by atoms with Crippen LogP contribution in [0.2, 0.25) is 0 Å². The van der Waals surface area contributed by atoms with Crippen molar-refractivity contribution >= 4 is 23.4 Å². The van der Waals surface area contributed by atoms with Crippen LogP contribution in [-0.2, 0) is 4.79 Å². The highest BCUT2D eigenvalue weighted by atomic mass is 32.2. The minimum absolute atomic E-state index is 0.00700. The van der Waals surface area contributed by atoms with Crippen molar-refractivity contribution < 1.29 is 18.3 Å². The fraction of sp³-hybridized carbons (Fsp3) is 0.200. The Balaban J connectivity index is 1.96. The molecule has 0 bridgehead atoms. The first-order valence-corrected chi connectivity index (χ1v) is 9.86. The number of amides is 1. The van der Waals surface area contributed by atoms with Crippen molar-refractivity contribution in [3.63, 3.8) is 0 Å². The molecule has 0 radical (unpaired) electrons. The van der Waals surface area contributed by atoms with Gasteiger partial charge in [-0.15, -0.1) is 10.2 Å². The number of fused-ring (bicyclic) bond motifs is 3. The van der Waals surface area contributed by atoms with E-state index in [1.165, 1.54) is 29.7 Å². The van der Waals surface area contributed by atoms with Gasteiger partial charge in [-0.3, -0.25) is 9.69 Å². The largest absolute Gasteiger partial charge is 0.447 e. The van der Waals surface area contributed by atoms with Gasteiger partial charge in [0.2, 0.25) is 23.2 Å². The van der Waals surface area contributed by atoms with Crippen LogP contribution in [0.1, 0.15) is 25.6 Å². The lowest BCUT2D eigenvalue weighted by Gasteiger charge is -2.30. The van der Waals surface area contributed by atoms with E-state index in [0.717, 1.165) is 17.9 Å². The molecule has 6 nitrogen and oxygen atoms in total. The standard InChI is InChI=1S/C20H16F2N4O2S/c1-3-29-20-23-18-17(24-25-20)14-6-4-5-7-16(14)26(11(2)27)19(28-18)13-9-8-12(21)10-15(13)22/h4-10,19H,3H2,1-2H3. The summed E-state index contributed by atoms with van der Waals surface area (Å²) in [6.45, 7) is 3.30. The number of para-hydroxylation sites is 1. The molecule has 0 saturated heterocycles. The molecule has 1 aliphatic heterocycles. The van der Waals surface area contributed by atoms with E-state index in [-0.39, 0.29) is 17.4 Å². The van der Waals surface area contributed by atoms with Gasteiger partial charge >= 0.3 is 0 Å². The van der Waals surface area contributed by atoms with E-state index in [9.17, 15) is 13.6 Å². The maximum Gasteiger partial charge on any atom is 0.247 e.